The van der Waals surface area contributed by atoms with Crippen molar-refractivity contribution in [2.45, 2.75) is 19.4 Å². The van der Waals surface area contributed by atoms with Gasteiger partial charge in [0, 0.05) is 23.3 Å². The number of nitrogens with one attached hydrogen (secondary N) is 1. The number of fused-ring (bicyclic) bond motifs is 1. The molecule has 1 unspecified atom stereocenters. The quantitative estimate of drug-likeness (QED) is 0.354. The van der Waals surface area contributed by atoms with E-state index < -0.39 is 18.0 Å². The molecule has 0 radical (unpaired) electrons. The van der Waals surface area contributed by atoms with Crippen molar-refractivity contribution in [2.75, 3.05) is 5.32 Å². The first-order valence-electron chi connectivity index (χ1n) is 9.58. The van der Waals surface area contributed by atoms with Gasteiger partial charge in [0.1, 0.15) is 5.52 Å². The summed E-state index contributed by atoms with van der Waals surface area (Å²) in [5.41, 5.74) is 2.64. The van der Waals surface area contributed by atoms with E-state index in [0.29, 0.717) is 38.3 Å². The van der Waals surface area contributed by atoms with E-state index in [9.17, 15) is 9.59 Å². The Morgan fingerprint density at radius 3 is 2.72 bits per heavy atom. The molecule has 32 heavy (non-hydrogen) atoms. The third kappa shape index (κ3) is 4.72. The van der Waals surface area contributed by atoms with Crippen LogP contribution in [0.4, 0.5) is 5.13 Å². The smallest absolute Gasteiger partial charge is 0.341 e. The lowest BCUT2D eigenvalue weighted by Gasteiger charge is -2.15. The molecule has 0 aliphatic heterocycles. The lowest BCUT2D eigenvalue weighted by Crippen LogP contribution is -2.32. The second kappa shape index (κ2) is 9.60. The number of hydrogen-bond donors (Lipinski definition) is 1. The molecular weight excluding hydrogens is 471 g/mol. The third-order valence-corrected chi connectivity index (χ3v) is 6.08. The first-order valence-corrected chi connectivity index (χ1v) is 11.2. The summed E-state index contributed by atoms with van der Waals surface area (Å²) in [5, 5.41) is 5.74. The van der Waals surface area contributed by atoms with Crippen LogP contribution in [-0.4, -0.2) is 32.9 Å². The maximum atomic E-state index is 12.7. The van der Waals surface area contributed by atoms with Crippen molar-refractivity contribution in [2.24, 2.45) is 0 Å². The zero-order chi connectivity index (χ0) is 22.7. The average molecular weight is 487 g/mol. The topological polar surface area (TPSA) is 94.1 Å². The van der Waals surface area contributed by atoms with E-state index in [1.165, 1.54) is 17.5 Å². The van der Waals surface area contributed by atoms with E-state index in [1.807, 2.05) is 0 Å². The number of nitrogens with zero attached hydrogens (tertiary/aromatic N) is 3. The number of para-hydroxylation sites is 1. The molecule has 0 spiro atoms. The van der Waals surface area contributed by atoms with Gasteiger partial charge in [-0.25, -0.2) is 9.78 Å². The summed E-state index contributed by atoms with van der Waals surface area (Å²) in [6.07, 6.45) is 2.34. The number of rotatable bonds is 6. The molecule has 0 aliphatic rings. The van der Waals surface area contributed by atoms with Crippen molar-refractivity contribution in [3.63, 3.8) is 0 Å². The summed E-state index contributed by atoms with van der Waals surface area (Å²) in [6, 6.07) is 10.2. The van der Waals surface area contributed by atoms with Gasteiger partial charge in [-0.2, -0.15) is 0 Å². The van der Waals surface area contributed by atoms with Gasteiger partial charge in [0.2, 0.25) is 0 Å². The first kappa shape index (κ1) is 22.1. The summed E-state index contributed by atoms with van der Waals surface area (Å²) < 4.78 is 5.47. The highest BCUT2D eigenvalue weighted by Crippen LogP contribution is 2.30. The Labute approximate surface area is 197 Å². The molecule has 1 atom stereocenters. The van der Waals surface area contributed by atoms with Crippen LogP contribution < -0.4 is 5.32 Å². The van der Waals surface area contributed by atoms with Crippen molar-refractivity contribution < 1.29 is 14.3 Å². The predicted octanol–water partition coefficient (Wildman–Crippen LogP) is 5.63. The number of halogens is 2. The van der Waals surface area contributed by atoms with Gasteiger partial charge in [-0.05, 0) is 30.7 Å². The molecule has 0 fully saturated rings. The molecule has 4 aromatic rings. The van der Waals surface area contributed by atoms with E-state index in [0.717, 1.165) is 5.56 Å². The van der Waals surface area contributed by atoms with Crippen LogP contribution in [0.25, 0.3) is 22.3 Å². The number of esters is 1. The fourth-order valence-electron chi connectivity index (χ4n) is 2.98. The molecule has 2 aromatic carbocycles. The van der Waals surface area contributed by atoms with Gasteiger partial charge in [0.15, 0.2) is 11.2 Å². The van der Waals surface area contributed by atoms with E-state index >= 15 is 0 Å². The molecule has 10 heteroatoms. The van der Waals surface area contributed by atoms with E-state index in [2.05, 4.69) is 20.3 Å². The Kier molecular flexibility index (Phi) is 6.64. The molecule has 2 heterocycles. The molecule has 162 valence electrons. The molecule has 4 rings (SSSR count). The van der Waals surface area contributed by atoms with Crippen molar-refractivity contribution in [1.82, 2.24) is 15.0 Å². The number of carbonyl (C=O) groups is 2. The lowest BCUT2D eigenvalue weighted by atomic mass is 10.1. The number of amides is 1. The maximum absolute atomic E-state index is 12.7. The number of thiazole rings is 1. The molecule has 0 saturated heterocycles. The molecule has 1 amide bonds. The summed E-state index contributed by atoms with van der Waals surface area (Å²) in [7, 11) is 0. The van der Waals surface area contributed by atoms with Crippen LogP contribution in [0.15, 0.2) is 54.2 Å². The molecular formula is C22H16Cl2N4O3S. The highest BCUT2D eigenvalue weighted by atomic mass is 35.5. The van der Waals surface area contributed by atoms with Crippen LogP contribution in [0.2, 0.25) is 10.0 Å². The summed E-state index contributed by atoms with van der Waals surface area (Å²) in [6.45, 7) is 1.75. The number of hydrogen-bond acceptors (Lipinski definition) is 7. The Hall–Kier alpha value is -3.07. The normalized spacial score (nSPS) is 11.8. The van der Waals surface area contributed by atoms with E-state index in [1.54, 1.807) is 54.9 Å². The number of carbonyl (C=O) groups excluding carboxylic acids is 2. The highest BCUT2D eigenvalue weighted by Gasteiger charge is 2.24. The standard InChI is InChI=1S/C22H16Cl2N4O3S/c1-2-18(31-21(30)13-4-3-5-16-19(13)26-9-8-25-16)20(29)28-22-27-17(11-32-22)12-6-7-14(23)15(24)10-12/h3-11,18H,2H2,1H3,(H,27,28,29). The van der Waals surface area contributed by atoms with Crippen LogP contribution in [0.1, 0.15) is 23.7 Å². The predicted molar refractivity (Wildman–Crippen MR) is 125 cm³/mol. The molecule has 1 N–H and O–H groups in total. The van der Waals surface area contributed by atoms with Gasteiger partial charge in [-0.3, -0.25) is 20.1 Å². The number of anilines is 1. The summed E-state index contributed by atoms with van der Waals surface area (Å²) in [5.74, 6) is -1.11. The minimum absolute atomic E-state index is 0.248. The largest absolute Gasteiger partial charge is 0.449 e. The monoisotopic (exact) mass is 486 g/mol. The minimum Gasteiger partial charge on any atom is -0.449 e. The Morgan fingerprint density at radius 1 is 1.12 bits per heavy atom. The SMILES string of the molecule is CCC(OC(=O)c1cccc2nccnc12)C(=O)Nc1nc(-c2ccc(Cl)c(Cl)c2)cs1. The summed E-state index contributed by atoms with van der Waals surface area (Å²) in [4.78, 5) is 38.3. The van der Waals surface area contributed by atoms with Crippen molar-refractivity contribution in [3.05, 3.63) is 69.8 Å². The molecule has 0 saturated carbocycles. The van der Waals surface area contributed by atoms with Gasteiger partial charge >= 0.3 is 5.97 Å². The minimum atomic E-state index is -0.994. The Balaban J connectivity index is 1.47. The van der Waals surface area contributed by atoms with Crippen LogP contribution >= 0.6 is 34.5 Å². The number of ether oxygens (including phenoxy) is 1. The third-order valence-electron chi connectivity index (χ3n) is 4.58. The zero-order valence-electron chi connectivity index (χ0n) is 16.7. The van der Waals surface area contributed by atoms with E-state index in [4.69, 9.17) is 27.9 Å². The van der Waals surface area contributed by atoms with E-state index in [-0.39, 0.29) is 5.56 Å². The number of benzene rings is 2. The number of aromatic nitrogens is 3. The first-order chi connectivity index (χ1) is 15.5. The Bertz CT molecular complexity index is 1310. The van der Waals surface area contributed by atoms with Gasteiger partial charge in [0.25, 0.3) is 5.91 Å². The molecule has 7 nitrogen and oxygen atoms in total. The Morgan fingerprint density at radius 2 is 1.94 bits per heavy atom. The second-order valence-corrected chi connectivity index (χ2v) is 8.36. The summed E-state index contributed by atoms with van der Waals surface area (Å²) >= 11 is 13.3. The molecule has 0 bridgehead atoms. The van der Waals surface area contributed by atoms with Gasteiger partial charge in [-0.1, -0.05) is 42.3 Å². The van der Waals surface area contributed by atoms with Crippen LogP contribution in [0.3, 0.4) is 0 Å². The average Bonchev–Trinajstić information content (AvgIpc) is 3.27. The van der Waals surface area contributed by atoms with Gasteiger partial charge < -0.3 is 4.74 Å². The highest BCUT2D eigenvalue weighted by molar-refractivity contribution is 7.14. The van der Waals surface area contributed by atoms with Crippen molar-refractivity contribution in [3.8, 4) is 11.3 Å². The van der Waals surface area contributed by atoms with Gasteiger partial charge in [-0.15, -0.1) is 11.3 Å². The van der Waals surface area contributed by atoms with Crippen LogP contribution in [0.5, 0.6) is 0 Å². The van der Waals surface area contributed by atoms with Crippen LogP contribution in [0, 0.1) is 0 Å². The van der Waals surface area contributed by atoms with Crippen LogP contribution in [-0.2, 0) is 9.53 Å². The zero-order valence-corrected chi connectivity index (χ0v) is 19.0. The fraction of sp³-hybridized carbons (Fsp3) is 0.136. The lowest BCUT2D eigenvalue weighted by molar-refractivity contribution is -0.124. The fourth-order valence-corrected chi connectivity index (χ4v) is 4.00. The molecule has 2 aromatic heterocycles. The maximum Gasteiger partial charge on any atom is 0.341 e. The second-order valence-electron chi connectivity index (χ2n) is 6.69. The molecule has 0 aliphatic carbocycles. The van der Waals surface area contributed by atoms with Crippen molar-refractivity contribution in [1.29, 1.82) is 0 Å². The van der Waals surface area contributed by atoms with Gasteiger partial charge in [0.05, 0.1) is 26.8 Å². The van der Waals surface area contributed by atoms with Crippen molar-refractivity contribution >= 4 is 62.6 Å².